The lowest BCUT2D eigenvalue weighted by Crippen LogP contribution is -2.05. The number of nitrogen functional groups attached to an aromatic ring is 1. The van der Waals surface area contributed by atoms with Gasteiger partial charge in [-0.15, -0.1) is 0 Å². The summed E-state index contributed by atoms with van der Waals surface area (Å²) in [5.74, 6) is 0. The molecule has 1 aromatic rings. The van der Waals surface area contributed by atoms with E-state index in [9.17, 15) is 0 Å². The van der Waals surface area contributed by atoms with Crippen molar-refractivity contribution < 1.29 is 0 Å². The quantitative estimate of drug-likeness (QED) is 0.620. The summed E-state index contributed by atoms with van der Waals surface area (Å²) >= 11 is 0. The van der Waals surface area contributed by atoms with Crippen molar-refractivity contribution in [1.82, 2.24) is 0 Å². The third-order valence-electron chi connectivity index (χ3n) is 1.90. The molecule has 0 heterocycles. The van der Waals surface area contributed by atoms with Gasteiger partial charge in [-0.1, -0.05) is 12.1 Å². The van der Waals surface area contributed by atoms with Crippen molar-refractivity contribution in [2.24, 2.45) is 5.73 Å². The van der Waals surface area contributed by atoms with Crippen LogP contribution in [0.2, 0.25) is 0 Å². The summed E-state index contributed by atoms with van der Waals surface area (Å²) in [5, 5.41) is 0. The first-order valence-electron chi connectivity index (χ1n) is 3.79. The molecular weight excluding hydrogens is 136 g/mol. The lowest BCUT2D eigenvalue weighted by Gasteiger charge is -2.05. The first-order chi connectivity index (χ1) is 5.25. The zero-order valence-electron chi connectivity index (χ0n) is 6.80. The van der Waals surface area contributed by atoms with E-state index in [4.69, 9.17) is 11.5 Å². The minimum Gasteiger partial charge on any atom is -0.399 e. The Labute approximate surface area is 67.2 Å². The molecule has 0 saturated heterocycles. The Bertz CT molecular complexity index is 243. The van der Waals surface area contributed by atoms with Crippen molar-refractivity contribution >= 4 is 5.69 Å². The lowest BCUT2D eigenvalue weighted by molar-refractivity contribution is 0.959. The van der Waals surface area contributed by atoms with Gasteiger partial charge in [-0.25, -0.2) is 0 Å². The van der Waals surface area contributed by atoms with Crippen LogP contribution in [0.25, 0.3) is 0 Å². The van der Waals surface area contributed by atoms with E-state index in [1.165, 1.54) is 5.56 Å². The van der Waals surface area contributed by atoms with Crippen LogP contribution in [0.15, 0.2) is 18.2 Å². The van der Waals surface area contributed by atoms with Crippen LogP contribution in [-0.4, -0.2) is 6.54 Å². The highest BCUT2D eigenvalue weighted by atomic mass is 14.6. The first kappa shape index (κ1) is 8.08. The van der Waals surface area contributed by atoms with Crippen molar-refractivity contribution in [2.45, 2.75) is 13.3 Å². The summed E-state index contributed by atoms with van der Waals surface area (Å²) in [4.78, 5) is 0. The van der Waals surface area contributed by atoms with E-state index in [0.29, 0.717) is 6.54 Å². The Hall–Kier alpha value is -1.02. The highest BCUT2D eigenvalue weighted by molar-refractivity contribution is 5.49. The molecule has 2 nitrogen and oxygen atoms in total. The Morgan fingerprint density at radius 3 is 2.73 bits per heavy atom. The second-order valence-electron chi connectivity index (χ2n) is 2.67. The van der Waals surface area contributed by atoms with E-state index in [2.05, 4.69) is 6.07 Å². The molecule has 0 atom stereocenters. The highest BCUT2D eigenvalue weighted by Gasteiger charge is 1.98. The van der Waals surface area contributed by atoms with E-state index in [-0.39, 0.29) is 0 Å². The monoisotopic (exact) mass is 150 g/mol. The molecule has 0 radical (unpaired) electrons. The van der Waals surface area contributed by atoms with Gasteiger partial charge in [0.05, 0.1) is 0 Å². The molecule has 4 N–H and O–H groups in total. The molecule has 60 valence electrons. The SMILES string of the molecule is Cc1c(N)cccc1CCN. The molecule has 0 aliphatic rings. The second-order valence-corrected chi connectivity index (χ2v) is 2.67. The van der Waals surface area contributed by atoms with E-state index in [1.807, 2.05) is 19.1 Å². The molecular formula is C9H14N2. The van der Waals surface area contributed by atoms with Crippen LogP contribution in [0.1, 0.15) is 11.1 Å². The fourth-order valence-corrected chi connectivity index (χ4v) is 1.13. The molecule has 0 aromatic heterocycles. The van der Waals surface area contributed by atoms with Crippen LogP contribution in [0.3, 0.4) is 0 Å². The fraction of sp³-hybridized carbons (Fsp3) is 0.333. The van der Waals surface area contributed by atoms with Gasteiger partial charge in [-0.2, -0.15) is 0 Å². The van der Waals surface area contributed by atoms with Crippen LogP contribution >= 0.6 is 0 Å². The summed E-state index contributed by atoms with van der Waals surface area (Å²) in [6, 6.07) is 5.95. The topological polar surface area (TPSA) is 52.0 Å². The van der Waals surface area contributed by atoms with Gasteiger partial charge in [-0.3, -0.25) is 0 Å². The van der Waals surface area contributed by atoms with Gasteiger partial charge in [0.15, 0.2) is 0 Å². The molecule has 0 saturated carbocycles. The Morgan fingerprint density at radius 2 is 2.09 bits per heavy atom. The minimum absolute atomic E-state index is 0.685. The molecule has 0 aliphatic carbocycles. The highest BCUT2D eigenvalue weighted by Crippen LogP contribution is 2.15. The maximum atomic E-state index is 5.71. The summed E-state index contributed by atoms with van der Waals surface area (Å²) in [5.41, 5.74) is 14.4. The molecule has 1 aromatic carbocycles. The molecule has 11 heavy (non-hydrogen) atoms. The summed E-state index contributed by atoms with van der Waals surface area (Å²) < 4.78 is 0. The molecule has 1 rings (SSSR count). The third-order valence-corrected chi connectivity index (χ3v) is 1.90. The number of benzene rings is 1. The lowest BCUT2D eigenvalue weighted by atomic mass is 10.0. The van der Waals surface area contributed by atoms with Crippen LogP contribution in [0.4, 0.5) is 5.69 Å². The van der Waals surface area contributed by atoms with Crippen molar-refractivity contribution in [2.75, 3.05) is 12.3 Å². The molecule has 0 aliphatic heterocycles. The Balaban J connectivity index is 2.96. The average molecular weight is 150 g/mol. The number of anilines is 1. The third kappa shape index (κ3) is 1.71. The molecule has 0 bridgehead atoms. The second kappa shape index (κ2) is 3.39. The maximum absolute atomic E-state index is 5.71. The van der Waals surface area contributed by atoms with Crippen molar-refractivity contribution in [3.8, 4) is 0 Å². The van der Waals surface area contributed by atoms with Gasteiger partial charge in [0.2, 0.25) is 0 Å². The standard InChI is InChI=1S/C9H14N2/c1-7-8(5-6-10)3-2-4-9(7)11/h2-4H,5-6,10-11H2,1H3. The van der Waals surface area contributed by atoms with Crippen LogP contribution in [0, 0.1) is 6.92 Å². The van der Waals surface area contributed by atoms with Crippen molar-refractivity contribution in [1.29, 1.82) is 0 Å². The van der Waals surface area contributed by atoms with Gasteiger partial charge in [-0.05, 0) is 37.1 Å². The van der Waals surface area contributed by atoms with E-state index < -0.39 is 0 Å². The number of hydrogen-bond donors (Lipinski definition) is 2. The minimum atomic E-state index is 0.685. The molecule has 0 unspecified atom stereocenters. The number of rotatable bonds is 2. The normalized spacial score (nSPS) is 10.0. The summed E-state index contributed by atoms with van der Waals surface area (Å²) in [7, 11) is 0. The predicted molar refractivity (Wildman–Crippen MR) is 48.3 cm³/mol. The Kier molecular flexibility index (Phi) is 2.49. The zero-order chi connectivity index (χ0) is 8.27. The maximum Gasteiger partial charge on any atom is 0.0346 e. The fourth-order valence-electron chi connectivity index (χ4n) is 1.13. The molecule has 0 amide bonds. The van der Waals surface area contributed by atoms with Gasteiger partial charge in [0.1, 0.15) is 0 Å². The van der Waals surface area contributed by atoms with Gasteiger partial charge < -0.3 is 11.5 Å². The smallest absolute Gasteiger partial charge is 0.0346 e. The Morgan fingerprint density at radius 1 is 1.36 bits per heavy atom. The number of hydrogen-bond acceptors (Lipinski definition) is 2. The van der Waals surface area contributed by atoms with Gasteiger partial charge in [0, 0.05) is 5.69 Å². The average Bonchev–Trinajstić information content (AvgIpc) is 1.99. The van der Waals surface area contributed by atoms with Gasteiger partial charge in [0.25, 0.3) is 0 Å². The van der Waals surface area contributed by atoms with Crippen LogP contribution < -0.4 is 11.5 Å². The number of nitrogens with two attached hydrogens (primary N) is 2. The van der Waals surface area contributed by atoms with E-state index in [0.717, 1.165) is 17.7 Å². The first-order valence-corrected chi connectivity index (χ1v) is 3.79. The molecule has 0 fully saturated rings. The molecule has 0 spiro atoms. The predicted octanol–water partition coefficient (Wildman–Crippen LogP) is 1.08. The summed E-state index contributed by atoms with van der Waals surface area (Å²) in [6.45, 7) is 2.71. The summed E-state index contributed by atoms with van der Waals surface area (Å²) in [6.07, 6.45) is 0.914. The van der Waals surface area contributed by atoms with E-state index in [1.54, 1.807) is 0 Å². The van der Waals surface area contributed by atoms with Gasteiger partial charge >= 0.3 is 0 Å². The molecule has 2 heteroatoms. The largest absolute Gasteiger partial charge is 0.399 e. The van der Waals surface area contributed by atoms with Crippen LogP contribution in [0.5, 0.6) is 0 Å². The van der Waals surface area contributed by atoms with Crippen molar-refractivity contribution in [3.05, 3.63) is 29.3 Å². The van der Waals surface area contributed by atoms with Crippen LogP contribution in [-0.2, 0) is 6.42 Å². The van der Waals surface area contributed by atoms with Crippen molar-refractivity contribution in [3.63, 3.8) is 0 Å². The zero-order valence-corrected chi connectivity index (χ0v) is 6.80. The van der Waals surface area contributed by atoms with E-state index >= 15 is 0 Å².